The number of hydrogen-bond donors (Lipinski definition) is 2. The third kappa shape index (κ3) is 4.07. The summed E-state index contributed by atoms with van der Waals surface area (Å²) in [5.74, 6) is -0.445. The average molecular weight is 395 g/mol. The van der Waals surface area contributed by atoms with Crippen LogP contribution in [0.3, 0.4) is 0 Å². The lowest BCUT2D eigenvalue weighted by Gasteiger charge is -2.31. The summed E-state index contributed by atoms with van der Waals surface area (Å²) in [5, 5.41) is 9.99. The molecule has 0 saturated heterocycles. The van der Waals surface area contributed by atoms with E-state index in [1.54, 1.807) is 4.90 Å². The maximum absolute atomic E-state index is 12.7. The van der Waals surface area contributed by atoms with E-state index in [0.717, 1.165) is 5.56 Å². The number of carbonyl (C=O) groups is 1. The smallest absolute Gasteiger partial charge is 0.243 e. The Labute approximate surface area is 157 Å². The zero-order chi connectivity index (χ0) is 18.7. The fourth-order valence-electron chi connectivity index (χ4n) is 2.94. The average Bonchev–Trinajstić information content (AvgIpc) is 2.65. The zero-order valence-corrected chi connectivity index (χ0v) is 15.5. The number of fused-ring (bicyclic) bond motifs is 1. The Kier molecular flexibility index (Phi) is 5.62. The highest BCUT2D eigenvalue weighted by molar-refractivity contribution is 7.89. The SMILES string of the molecule is O=C([C@H](CO)NS(=O)(=O)c1ccc(Cl)cc1)N1CCc2ccccc2C1. The van der Waals surface area contributed by atoms with Crippen LogP contribution in [0.2, 0.25) is 5.02 Å². The van der Waals surface area contributed by atoms with Gasteiger partial charge in [0.1, 0.15) is 6.04 Å². The second-order valence-corrected chi connectivity index (χ2v) is 8.24. The monoisotopic (exact) mass is 394 g/mol. The van der Waals surface area contributed by atoms with Crippen LogP contribution in [-0.4, -0.2) is 43.5 Å². The Hall–Kier alpha value is -1.93. The summed E-state index contributed by atoms with van der Waals surface area (Å²) >= 11 is 5.77. The maximum atomic E-state index is 12.7. The molecule has 1 heterocycles. The van der Waals surface area contributed by atoms with Gasteiger partial charge < -0.3 is 10.0 Å². The van der Waals surface area contributed by atoms with Crippen molar-refractivity contribution in [2.45, 2.75) is 23.9 Å². The molecule has 0 fully saturated rings. The number of hydrogen-bond acceptors (Lipinski definition) is 4. The van der Waals surface area contributed by atoms with E-state index in [2.05, 4.69) is 4.72 Å². The molecule has 3 rings (SSSR count). The zero-order valence-electron chi connectivity index (χ0n) is 13.9. The molecule has 1 amide bonds. The minimum Gasteiger partial charge on any atom is -0.394 e. The van der Waals surface area contributed by atoms with Gasteiger partial charge in [-0.2, -0.15) is 4.72 Å². The van der Waals surface area contributed by atoms with Crippen molar-refractivity contribution in [1.29, 1.82) is 0 Å². The lowest BCUT2D eigenvalue weighted by atomic mass is 9.99. The first-order chi connectivity index (χ1) is 12.4. The maximum Gasteiger partial charge on any atom is 0.243 e. The Bertz CT molecular complexity index is 900. The van der Waals surface area contributed by atoms with Crippen molar-refractivity contribution < 1.29 is 18.3 Å². The Morgan fingerprint density at radius 1 is 1.15 bits per heavy atom. The normalized spacial score (nSPS) is 15.4. The fraction of sp³-hybridized carbons (Fsp3) is 0.278. The predicted molar refractivity (Wildman–Crippen MR) is 98.2 cm³/mol. The summed E-state index contributed by atoms with van der Waals surface area (Å²) in [6.45, 7) is 0.257. The number of halogens is 1. The molecule has 0 bridgehead atoms. The Balaban J connectivity index is 1.74. The molecule has 0 saturated carbocycles. The second kappa shape index (κ2) is 7.75. The van der Waals surface area contributed by atoms with Crippen molar-refractivity contribution in [3.8, 4) is 0 Å². The summed E-state index contributed by atoms with van der Waals surface area (Å²) < 4.78 is 27.2. The molecule has 138 valence electrons. The van der Waals surface area contributed by atoms with Crippen LogP contribution in [0.5, 0.6) is 0 Å². The molecule has 2 N–H and O–H groups in total. The van der Waals surface area contributed by atoms with Gasteiger partial charge in [-0.25, -0.2) is 8.42 Å². The largest absolute Gasteiger partial charge is 0.394 e. The minimum atomic E-state index is -3.95. The molecule has 26 heavy (non-hydrogen) atoms. The number of nitrogens with zero attached hydrogens (tertiary/aromatic N) is 1. The molecule has 8 heteroatoms. The van der Waals surface area contributed by atoms with Crippen molar-refractivity contribution in [3.63, 3.8) is 0 Å². The molecular weight excluding hydrogens is 376 g/mol. The summed E-state index contributed by atoms with van der Waals surface area (Å²) in [6, 6.07) is 12.2. The molecule has 1 aliphatic rings. The molecule has 0 radical (unpaired) electrons. The molecule has 0 aromatic heterocycles. The van der Waals surface area contributed by atoms with Gasteiger partial charge in [0.25, 0.3) is 0 Å². The van der Waals surface area contributed by atoms with Crippen molar-refractivity contribution in [3.05, 3.63) is 64.7 Å². The van der Waals surface area contributed by atoms with Gasteiger partial charge in [-0.3, -0.25) is 4.79 Å². The molecule has 2 aromatic carbocycles. The molecule has 6 nitrogen and oxygen atoms in total. The van der Waals surface area contributed by atoms with Gasteiger partial charge in [-0.15, -0.1) is 0 Å². The van der Waals surface area contributed by atoms with E-state index in [-0.39, 0.29) is 4.90 Å². The number of rotatable bonds is 5. The van der Waals surface area contributed by atoms with Crippen molar-refractivity contribution >= 4 is 27.5 Å². The van der Waals surface area contributed by atoms with Crippen LogP contribution < -0.4 is 4.72 Å². The topological polar surface area (TPSA) is 86.7 Å². The van der Waals surface area contributed by atoms with E-state index in [9.17, 15) is 18.3 Å². The van der Waals surface area contributed by atoms with Gasteiger partial charge in [-0.05, 0) is 41.8 Å². The lowest BCUT2D eigenvalue weighted by molar-refractivity contribution is -0.134. The predicted octanol–water partition coefficient (Wildman–Crippen LogP) is 1.56. The third-order valence-electron chi connectivity index (χ3n) is 4.34. The Morgan fingerprint density at radius 3 is 2.46 bits per heavy atom. The Morgan fingerprint density at radius 2 is 1.81 bits per heavy atom. The summed E-state index contributed by atoms with van der Waals surface area (Å²) in [7, 11) is -3.95. The van der Waals surface area contributed by atoms with Crippen molar-refractivity contribution in [1.82, 2.24) is 9.62 Å². The van der Waals surface area contributed by atoms with E-state index in [4.69, 9.17) is 11.6 Å². The molecule has 2 aromatic rings. The number of aliphatic hydroxyl groups is 1. The van der Waals surface area contributed by atoms with Gasteiger partial charge >= 0.3 is 0 Å². The van der Waals surface area contributed by atoms with Crippen molar-refractivity contribution in [2.75, 3.05) is 13.2 Å². The third-order valence-corrected chi connectivity index (χ3v) is 6.08. The van der Waals surface area contributed by atoms with Gasteiger partial charge in [0.15, 0.2) is 0 Å². The van der Waals surface area contributed by atoms with Gasteiger partial charge in [0.05, 0.1) is 11.5 Å². The first-order valence-corrected chi connectivity index (χ1v) is 10.0. The van der Waals surface area contributed by atoms with Crippen LogP contribution in [0.4, 0.5) is 0 Å². The molecule has 0 aliphatic carbocycles. The number of carbonyl (C=O) groups excluding carboxylic acids is 1. The highest BCUT2D eigenvalue weighted by Gasteiger charge is 2.30. The molecule has 1 aliphatic heterocycles. The van der Waals surface area contributed by atoms with Crippen LogP contribution in [0, 0.1) is 0 Å². The molecular formula is C18H19ClN2O4S. The van der Waals surface area contributed by atoms with Crippen LogP contribution in [0.1, 0.15) is 11.1 Å². The quantitative estimate of drug-likeness (QED) is 0.805. The molecule has 0 unspecified atom stereocenters. The van der Waals surface area contributed by atoms with E-state index in [1.165, 1.54) is 29.8 Å². The first-order valence-electron chi connectivity index (χ1n) is 8.15. The summed E-state index contributed by atoms with van der Waals surface area (Å²) in [4.78, 5) is 14.3. The van der Waals surface area contributed by atoms with Crippen molar-refractivity contribution in [2.24, 2.45) is 0 Å². The van der Waals surface area contributed by atoms with Crippen LogP contribution in [0.25, 0.3) is 0 Å². The number of benzene rings is 2. The van der Waals surface area contributed by atoms with E-state index < -0.39 is 28.6 Å². The molecule has 0 spiro atoms. The number of aliphatic hydroxyl groups excluding tert-OH is 1. The summed E-state index contributed by atoms with van der Waals surface area (Å²) in [6.07, 6.45) is 0.698. The highest BCUT2D eigenvalue weighted by Crippen LogP contribution is 2.20. The number of amides is 1. The second-order valence-electron chi connectivity index (χ2n) is 6.09. The standard InChI is InChI=1S/C18H19ClN2O4S/c19-15-5-7-16(8-6-15)26(24,25)20-17(12-22)18(23)21-10-9-13-3-1-2-4-14(13)11-21/h1-8,17,20,22H,9-12H2/t17-/m0/s1. The number of sulfonamides is 1. The number of nitrogens with one attached hydrogen (secondary N) is 1. The van der Waals surface area contributed by atoms with Gasteiger partial charge in [0, 0.05) is 18.1 Å². The fourth-order valence-corrected chi connectivity index (χ4v) is 4.25. The van der Waals surface area contributed by atoms with Gasteiger partial charge in [-0.1, -0.05) is 35.9 Å². The van der Waals surface area contributed by atoms with Crippen LogP contribution in [0.15, 0.2) is 53.4 Å². The lowest BCUT2D eigenvalue weighted by Crippen LogP contribution is -2.51. The van der Waals surface area contributed by atoms with E-state index >= 15 is 0 Å². The minimum absolute atomic E-state index is 0.0165. The first kappa shape index (κ1) is 18.8. The summed E-state index contributed by atoms with van der Waals surface area (Å²) in [5.41, 5.74) is 2.21. The van der Waals surface area contributed by atoms with Gasteiger partial charge in [0.2, 0.25) is 15.9 Å². The van der Waals surface area contributed by atoms with E-state index in [1.807, 2.05) is 24.3 Å². The van der Waals surface area contributed by atoms with Crippen LogP contribution in [-0.2, 0) is 27.8 Å². The van der Waals surface area contributed by atoms with Crippen LogP contribution >= 0.6 is 11.6 Å². The highest BCUT2D eigenvalue weighted by atomic mass is 35.5. The van der Waals surface area contributed by atoms with E-state index in [0.29, 0.717) is 24.5 Å². The molecule has 1 atom stereocenters.